The van der Waals surface area contributed by atoms with Crippen molar-refractivity contribution < 1.29 is 0 Å². The predicted octanol–water partition coefficient (Wildman–Crippen LogP) is 4.59. The summed E-state index contributed by atoms with van der Waals surface area (Å²) >= 11 is 5.48. The van der Waals surface area contributed by atoms with Gasteiger partial charge in [0, 0.05) is 23.3 Å². The minimum absolute atomic E-state index is 0.157. The Balaban J connectivity index is 2.43. The van der Waals surface area contributed by atoms with Gasteiger partial charge in [-0.05, 0) is 31.0 Å². The normalized spacial score (nSPS) is 26.1. The minimum Gasteiger partial charge on any atom is -0.337 e. The van der Waals surface area contributed by atoms with Crippen LogP contribution in [0.15, 0.2) is 6.20 Å². The van der Waals surface area contributed by atoms with E-state index in [2.05, 4.69) is 43.4 Å². The molecule has 0 spiro atoms. The van der Waals surface area contributed by atoms with E-state index in [1.54, 1.807) is 0 Å². The molecule has 1 aromatic rings. The summed E-state index contributed by atoms with van der Waals surface area (Å²) in [5, 5.41) is 0. The summed E-state index contributed by atoms with van der Waals surface area (Å²) in [7, 11) is 0. The molecular weight excluding hydrogens is 228 g/mol. The molecule has 2 rings (SSSR count). The highest BCUT2D eigenvalue weighted by Gasteiger charge is 2.28. The van der Waals surface area contributed by atoms with Crippen LogP contribution in [-0.4, -0.2) is 9.55 Å². The highest BCUT2D eigenvalue weighted by Crippen LogP contribution is 2.36. The van der Waals surface area contributed by atoms with Crippen molar-refractivity contribution in [3.05, 3.63) is 16.7 Å². The van der Waals surface area contributed by atoms with Crippen molar-refractivity contribution in [2.45, 2.75) is 64.8 Å². The van der Waals surface area contributed by atoms with Crippen LogP contribution in [0.2, 0.25) is 0 Å². The van der Waals surface area contributed by atoms with Crippen LogP contribution in [0.4, 0.5) is 0 Å². The molecule has 0 radical (unpaired) electrons. The maximum atomic E-state index is 5.48. The lowest BCUT2D eigenvalue weighted by atomic mass is 9.84. The number of nitrogens with one attached hydrogen (secondary N) is 1. The molecule has 0 aromatic carbocycles. The Morgan fingerprint density at radius 2 is 1.94 bits per heavy atom. The summed E-state index contributed by atoms with van der Waals surface area (Å²) in [6.07, 6.45) is 7.42. The smallest absolute Gasteiger partial charge is 0.177 e. The van der Waals surface area contributed by atoms with E-state index >= 15 is 0 Å². The van der Waals surface area contributed by atoms with Gasteiger partial charge in [0.2, 0.25) is 0 Å². The van der Waals surface area contributed by atoms with Crippen LogP contribution >= 0.6 is 12.2 Å². The summed E-state index contributed by atoms with van der Waals surface area (Å²) in [6, 6.07) is 0.594. The first-order valence-corrected chi connectivity index (χ1v) is 7.12. The third-order valence-electron chi connectivity index (χ3n) is 3.98. The van der Waals surface area contributed by atoms with Crippen molar-refractivity contribution in [3.63, 3.8) is 0 Å². The number of aromatic nitrogens is 2. The molecule has 1 heterocycles. The van der Waals surface area contributed by atoms with Crippen molar-refractivity contribution in [1.82, 2.24) is 9.55 Å². The molecule has 96 valence electrons. The Labute approximate surface area is 109 Å². The lowest BCUT2D eigenvalue weighted by Gasteiger charge is -2.33. The zero-order valence-electron chi connectivity index (χ0n) is 11.4. The Morgan fingerprint density at radius 1 is 1.29 bits per heavy atom. The first-order valence-electron chi connectivity index (χ1n) is 6.71. The predicted molar refractivity (Wildman–Crippen MR) is 75.0 cm³/mol. The van der Waals surface area contributed by atoms with Crippen LogP contribution in [0.5, 0.6) is 0 Å². The van der Waals surface area contributed by atoms with Gasteiger partial charge in [-0.3, -0.25) is 0 Å². The summed E-state index contributed by atoms with van der Waals surface area (Å²) in [6.45, 7) is 9.14. The fraction of sp³-hybridized carbons (Fsp3) is 0.786. The second kappa shape index (κ2) is 4.60. The zero-order chi connectivity index (χ0) is 12.6. The van der Waals surface area contributed by atoms with Gasteiger partial charge in [0.25, 0.3) is 0 Å². The molecule has 1 N–H and O–H groups in total. The number of H-pyrrole nitrogens is 1. The highest BCUT2D eigenvalue weighted by atomic mass is 32.1. The van der Waals surface area contributed by atoms with E-state index < -0.39 is 0 Å². The Bertz CT molecular complexity index is 436. The molecule has 2 unspecified atom stereocenters. The average Bonchev–Trinajstić information content (AvgIpc) is 2.60. The Morgan fingerprint density at radius 3 is 2.53 bits per heavy atom. The summed E-state index contributed by atoms with van der Waals surface area (Å²) in [5.41, 5.74) is 1.51. The molecule has 1 saturated carbocycles. The molecule has 2 nitrogen and oxygen atoms in total. The van der Waals surface area contributed by atoms with Crippen molar-refractivity contribution in [3.8, 4) is 0 Å². The van der Waals surface area contributed by atoms with Crippen LogP contribution in [0, 0.1) is 10.7 Å². The molecule has 1 aromatic heterocycles. The van der Waals surface area contributed by atoms with Crippen LogP contribution in [0.1, 0.15) is 65.1 Å². The van der Waals surface area contributed by atoms with Gasteiger partial charge in [0.1, 0.15) is 0 Å². The number of hydrogen-bond acceptors (Lipinski definition) is 1. The standard InChI is InChI=1S/C14H24N2S/c1-10-7-5-6-8-11(10)16-12(14(2,3)4)9-15-13(16)17/h9-11H,5-8H2,1-4H3,(H,15,17). The quantitative estimate of drug-likeness (QED) is 0.725. The maximum absolute atomic E-state index is 5.48. The molecule has 0 amide bonds. The first-order chi connectivity index (χ1) is 7.91. The van der Waals surface area contributed by atoms with Gasteiger partial charge in [-0.1, -0.05) is 40.5 Å². The summed E-state index contributed by atoms with van der Waals surface area (Å²) in [4.78, 5) is 3.24. The van der Waals surface area contributed by atoms with Crippen LogP contribution < -0.4 is 0 Å². The lowest BCUT2D eigenvalue weighted by molar-refractivity contribution is 0.245. The van der Waals surface area contributed by atoms with Gasteiger partial charge in [-0.25, -0.2) is 0 Å². The largest absolute Gasteiger partial charge is 0.337 e. The number of nitrogens with zero attached hydrogens (tertiary/aromatic N) is 1. The topological polar surface area (TPSA) is 20.7 Å². The molecule has 0 aliphatic heterocycles. The van der Waals surface area contributed by atoms with E-state index in [-0.39, 0.29) is 5.41 Å². The van der Waals surface area contributed by atoms with E-state index in [4.69, 9.17) is 12.2 Å². The molecular formula is C14H24N2S. The Hall–Kier alpha value is -0.570. The maximum Gasteiger partial charge on any atom is 0.177 e. The van der Waals surface area contributed by atoms with Crippen LogP contribution in [-0.2, 0) is 5.41 Å². The van der Waals surface area contributed by atoms with Crippen LogP contribution in [0.3, 0.4) is 0 Å². The molecule has 1 fully saturated rings. The fourth-order valence-corrected chi connectivity index (χ4v) is 3.26. The molecule has 1 aliphatic rings. The van der Waals surface area contributed by atoms with Crippen molar-refractivity contribution in [2.24, 2.45) is 5.92 Å². The fourth-order valence-electron chi connectivity index (χ4n) is 2.97. The number of imidazole rings is 1. The zero-order valence-corrected chi connectivity index (χ0v) is 12.2. The van der Waals surface area contributed by atoms with Gasteiger partial charge >= 0.3 is 0 Å². The van der Waals surface area contributed by atoms with Gasteiger partial charge < -0.3 is 9.55 Å². The van der Waals surface area contributed by atoms with E-state index in [0.717, 1.165) is 10.7 Å². The van der Waals surface area contributed by atoms with E-state index in [1.165, 1.54) is 31.4 Å². The third-order valence-corrected chi connectivity index (χ3v) is 4.29. The molecule has 17 heavy (non-hydrogen) atoms. The van der Waals surface area contributed by atoms with E-state index in [1.807, 2.05) is 0 Å². The van der Waals surface area contributed by atoms with Crippen molar-refractivity contribution in [1.29, 1.82) is 0 Å². The minimum atomic E-state index is 0.157. The molecule has 2 atom stereocenters. The van der Waals surface area contributed by atoms with Gasteiger partial charge in [-0.15, -0.1) is 0 Å². The summed E-state index contributed by atoms with van der Waals surface area (Å²) < 4.78 is 3.28. The second-order valence-electron chi connectivity index (χ2n) is 6.43. The SMILES string of the molecule is CC1CCCCC1n1c(C(C)(C)C)c[nH]c1=S. The van der Waals surface area contributed by atoms with Gasteiger partial charge in [0.05, 0.1) is 0 Å². The highest BCUT2D eigenvalue weighted by molar-refractivity contribution is 7.71. The average molecular weight is 252 g/mol. The first kappa shape index (κ1) is 12.9. The molecule has 0 saturated heterocycles. The van der Waals surface area contributed by atoms with Gasteiger partial charge in [0.15, 0.2) is 4.77 Å². The lowest BCUT2D eigenvalue weighted by Crippen LogP contribution is -2.26. The van der Waals surface area contributed by atoms with Gasteiger partial charge in [-0.2, -0.15) is 0 Å². The Kier molecular flexibility index (Phi) is 3.48. The third kappa shape index (κ3) is 2.49. The monoisotopic (exact) mass is 252 g/mol. The molecule has 3 heteroatoms. The van der Waals surface area contributed by atoms with Crippen molar-refractivity contribution >= 4 is 12.2 Å². The van der Waals surface area contributed by atoms with E-state index in [0.29, 0.717) is 6.04 Å². The number of hydrogen-bond donors (Lipinski definition) is 1. The second-order valence-corrected chi connectivity index (χ2v) is 6.81. The van der Waals surface area contributed by atoms with Crippen molar-refractivity contribution in [2.75, 3.05) is 0 Å². The number of aromatic amines is 1. The van der Waals surface area contributed by atoms with Crippen LogP contribution in [0.25, 0.3) is 0 Å². The van der Waals surface area contributed by atoms with E-state index in [9.17, 15) is 0 Å². The number of rotatable bonds is 1. The molecule has 0 bridgehead atoms. The molecule has 1 aliphatic carbocycles. The summed E-state index contributed by atoms with van der Waals surface area (Å²) in [5.74, 6) is 0.743.